The Morgan fingerprint density at radius 3 is 2.58 bits per heavy atom. The van der Waals surface area contributed by atoms with E-state index >= 15 is 0 Å². The van der Waals surface area contributed by atoms with Crippen LogP contribution >= 0.6 is 0 Å². The summed E-state index contributed by atoms with van der Waals surface area (Å²) in [5.74, 6) is 0.613. The van der Waals surface area contributed by atoms with Crippen molar-refractivity contribution in [3.63, 3.8) is 0 Å². The molecule has 2 nitrogen and oxygen atoms in total. The molecule has 1 aromatic heterocycles. The zero-order valence-corrected chi connectivity index (χ0v) is 14.7. The van der Waals surface area contributed by atoms with Gasteiger partial charge in [-0.2, -0.15) is 0 Å². The van der Waals surface area contributed by atoms with E-state index in [1.165, 1.54) is 28.7 Å². The smallest absolute Gasteiger partial charge is 0.0945 e. The van der Waals surface area contributed by atoms with Gasteiger partial charge in [0.05, 0.1) is 6.33 Å². The summed E-state index contributed by atoms with van der Waals surface area (Å²) in [6.45, 7) is 5.41. The lowest BCUT2D eigenvalue weighted by Gasteiger charge is -2.18. The average Bonchev–Trinajstić information content (AvgIpc) is 3.08. The van der Waals surface area contributed by atoms with E-state index in [0.717, 1.165) is 19.4 Å². The van der Waals surface area contributed by atoms with Crippen molar-refractivity contribution in [2.75, 3.05) is 0 Å². The molecule has 0 N–H and O–H groups in total. The lowest BCUT2D eigenvalue weighted by molar-refractivity contribution is 0.412. The molecule has 0 spiro atoms. The number of nitrogens with zero attached hydrogens (tertiary/aromatic N) is 2. The third kappa shape index (κ3) is 4.58. The van der Waals surface area contributed by atoms with Gasteiger partial charge in [-0.25, -0.2) is 4.98 Å². The second-order valence-corrected chi connectivity index (χ2v) is 6.78. The van der Waals surface area contributed by atoms with Crippen LogP contribution in [0, 0.1) is 19.8 Å². The molecule has 24 heavy (non-hydrogen) atoms. The maximum atomic E-state index is 4.19. The lowest BCUT2D eigenvalue weighted by Crippen LogP contribution is -2.14. The van der Waals surface area contributed by atoms with E-state index in [2.05, 4.69) is 78.1 Å². The third-order valence-electron chi connectivity index (χ3n) is 4.72. The molecule has 1 heterocycles. The van der Waals surface area contributed by atoms with E-state index in [1.54, 1.807) is 0 Å². The van der Waals surface area contributed by atoms with Crippen LogP contribution in [0.5, 0.6) is 0 Å². The predicted molar refractivity (Wildman–Crippen MR) is 100 cm³/mol. The van der Waals surface area contributed by atoms with Gasteiger partial charge < -0.3 is 4.57 Å². The molecular weight excluding hydrogens is 292 g/mol. The standard InChI is InChI=1S/C22H26N2/c1-18-8-10-22(19(2)14-18)11-9-21(16-24-13-12-23-17-24)15-20-6-4-3-5-7-20/h3-8,10,12-14,17,21H,9,11,15-16H2,1-2H3. The number of rotatable bonds is 7. The minimum atomic E-state index is 0.613. The highest BCUT2D eigenvalue weighted by Gasteiger charge is 2.12. The van der Waals surface area contributed by atoms with Crippen LogP contribution in [0.25, 0.3) is 0 Å². The van der Waals surface area contributed by atoms with Gasteiger partial charge in [-0.15, -0.1) is 0 Å². The number of aryl methyl sites for hydroxylation is 3. The first kappa shape index (κ1) is 16.5. The van der Waals surface area contributed by atoms with Gasteiger partial charge in [0.15, 0.2) is 0 Å². The van der Waals surface area contributed by atoms with Crippen molar-refractivity contribution >= 4 is 0 Å². The van der Waals surface area contributed by atoms with Gasteiger partial charge in [-0.3, -0.25) is 0 Å². The van der Waals surface area contributed by atoms with E-state index < -0.39 is 0 Å². The van der Waals surface area contributed by atoms with Gasteiger partial charge in [-0.05, 0) is 55.7 Å². The summed E-state index contributed by atoms with van der Waals surface area (Å²) in [7, 11) is 0. The molecular formula is C22H26N2. The normalized spacial score (nSPS) is 12.2. The molecule has 0 saturated heterocycles. The Morgan fingerprint density at radius 1 is 1.04 bits per heavy atom. The summed E-state index contributed by atoms with van der Waals surface area (Å²) >= 11 is 0. The molecule has 0 fully saturated rings. The fraction of sp³-hybridized carbons (Fsp3) is 0.318. The number of benzene rings is 2. The summed E-state index contributed by atoms with van der Waals surface area (Å²) in [6, 6.07) is 17.6. The number of hydrogen-bond donors (Lipinski definition) is 0. The van der Waals surface area contributed by atoms with Crippen molar-refractivity contribution in [3.8, 4) is 0 Å². The zero-order chi connectivity index (χ0) is 16.8. The van der Waals surface area contributed by atoms with E-state index in [9.17, 15) is 0 Å². The van der Waals surface area contributed by atoms with Crippen molar-refractivity contribution in [1.29, 1.82) is 0 Å². The Hall–Kier alpha value is -2.35. The van der Waals surface area contributed by atoms with Crippen molar-refractivity contribution in [1.82, 2.24) is 9.55 Å². The fourth-order valence-electron chi connectivity index (χ4n) is 3.38. The molecule has 2 heteroatoms. The monoisotopic (exact) mass is 318 g/mol. The highest BCUT2D eigenvalue weighted by molar-refractivity contribution is 5.30. The fourth-order valence-corrected chi connectivity index (χ4v) is 3.38. The molecule has 0 saturated carbocycles. The van der Waals surface area contributed by atoms with Crippen molar-refractivity contribution in [2.45, 2.75) is 39.7 Å². The van der Waals surface area contributed by atoms with Crippen LogP contribution in [0.2, 0.25) is 0 Å². The average molecular weight is 318 g/mol. The van der Waals surface area contributed by atoms with Gasteiger partial charge >= 0.3 is 0 Å². The summed E-state index contributed by atoms with van der Waals surface area (Å²) < 4.78 is 2.20. The highest BCUT2D eigenvalue weighted by atomic mass is 15.0. The summed E-state index contributed by atoms with van der Waals surface area (Å²) in [4.78, 5) is 4.19. The molecule has 3 aromatic rings. The third-order valence-corrected chi connectivity index (χ3v) is 4.72. The molecule has 3 rings (SSSR count). The van der Waals surface area contributed by atoms with Crippen LogP contribution in [0.3, 0.4) is 0 Å². The first-order chi connectivity index (χ1) is 11.7. The van der Waals surface area contributed by atoms with Crippen molar-refractivity contribution in [3.05, 3.63) is 89.5 Å². The maximum absolute atomic E-state index is 4.19. The Morgan fingerprint density at radius 2 is 1.88 bits per heavy atom. The summed E-state index contributed by atoms with van der Waals surface area (Å²) in [6.07, 6.45) is 9.30. The Bertz CT molecular complexity index is 745. The second kappa shape index (κ2) is 7.96. The quantitative estimate of drug-likeness (QED) is 0.600. The van der Waals surface area contributed by atoms with E-state index in [4.69, 9.17) is 0 Å². The van der Waals surface area contributed by atoms with Gasteiger partial charge in [-0.1, -0.05) is 54.1 Å². The summed E-state index contributed by atoms with van der Waals surface area (Å²) in [5.41, 5.74) is 5.65. The van der Waals surface area contributed by atoms with Gasteiger partial charge in [0.25, 0.3) is 0 Å². The Balaban J connectivity index is 1.69. The van der Waals surface area contributed by atoms with E-state index in [0.29, 0.717) is 5.92 Å². The van der Waals surface area contributed by atoms with Crippen LogP contribution in [0.4, 0.5) is 0 Å². The predicted octanol–water partition coefficient (Wildman–Crippen LogP) is 4.99. The molecule has 0 radical (unpaired) electrons. The van der Waals surface area contributed by atoms with Crippen molar-refractivity contribution in [2.24, 2.45) is 5.92 Å². The van der Waals surface area contributed by atoms with Crippen molar-refractivity contribution < 1.29 is 0 Å². The van der Waals surface area contributed by atoms with Gasteiger partial charge in [0.2, 0.25) is 0 Å². The number of hydrogen-bond acceptors (Lipinski definition) is 1. The van der Waals surface area contributed by atoms with Crippen LogP contribution < -0.4 is 0 Å². The molecule has 0 aliphatic carbocycles. The van der Waals surface area contributed by atoms with E-state index in [-0.39, 0.29) is 0 Å². The zero-order valence-electron chi connectivity index (χ0n) is 14.7. The first-order valence-electron chi connectivity index (χ1n) is 8.76. The molecule has 0 aliphatic rings. The largest absolute Gasteiger partial charge is 0.337 e. The number of aromatic nitrogens is 2. The maximum Gasteiger partial charge on any atom is 0.0945 e. The van der Waals surface area contributed by atoms with Crippen LogP contribution in [0.15, 0.2) is 67.3 Å². The molecule has 0 amide bonds. The lowest BCUT2D eigenvalue weighted by atomic mass is 9.91. The van der Waals surface area contributed by atoms with E-state index in [1.807, 2.05) is 12.5 Å². The molecule has 0 aliphatic heterocycles. The molecule has 1 atom stereocenters. The Labute approximate surface area is 145 Å². The SMILES string of the molecule is Cc1ccc(CCC(Cc2ccccc2)Cn2ccnc2)c(C)c1. The minimum absolute atomic E-state index is 0.613. The summed E-state index contributed by atoms with van der Waals surface area (Å²) in [5, 5.41) is 0. The van der Waals surface area contributed by atoms with Crippen LogP contribution in [-0.4, -0.2) is 9.55 Å². The highest BCUT2D eigenvalue weighted by Crippen LogP contribution is 2.20. The minimum Gasteiger partial charge on any atom is -0.337 e. The van der Waals surface area contributed by atoms with Crippen LogP contribution in [0.1, 0.15) is 28.7 Å². The van der Waals surface area contributed by atoms with Gasteiger partial charge in [0, 0.05) is 18.9 Å². The molecule has 124 valence electrons. The number of imidazole rings is 1. The Kier molecular flexibility index (Phi) is 5.47. The molecule has 2 aromatic carbocycles. The molecule has 0 bridgehead atoms. The first-order valence-corrected chi connectivity index (χ1v) is 8.76. The molecule has 1 unspecified atom stereocenters. The second-order valence-electron chi connectivity index (χ2n) is 6.78. The van der Waals surface area contributed by atoms with Crippen LogP contribution in [-0.2, 0) is 19.4 Å². The topological polar surface area (TPSA) is 17.8 Å². The van der Waals surface area contributed by atoms with Gasteiger partial charge in [0.1, 0.15) is 0 Å².